The standard InChI is InChI=1S/C15H26N2O3/c1-4-12(18)10-13-16-14(17-20-13)15(19-5-2)8-6-11(3)7-9-15/h11-12,18H,4-10H2,1-3H3. The molecule has 5 heteroatoms. The van der Waals surface area contributed by atoms with E-state index >= 15 is 0 Å². The molecule has 1 aromatic heterocycles. The maximum Gasteiger partial charge on any atom is 0.229 e. The van der Waals surface area contributed by atoms with Crippen molar-refractivity contribution in [3.8, 4) is 0 Å². The molecule has 1 fully saturated rings. The fourth-order valence-corrected chi connectivity index (χ4v) is 2.81. The number of rotatable bonds is 6. The largest absolute Gasteiger partial charge is 0.393 e. The summed E-state index contributed by atoms with van der Waals surface area (Å²) in [6, 6.07) is 0. The van der Waals surface area contributed by atoms with Crippen molar-refractivity contribution in [1.82, 2.24) is 10.1 Å². The van der Waals surface area contributed by atoms with E-state index in [2.05, 4.69) is 17.1 Å². The lowest BCUT2D eigenvalue weighted by Crippen LogP contribution is -2.35. The molecule has 1 aliphatic rings. The first-order chi connectivity index (χ1) is 9.59. The number of ether oxygens (including phenoxy) is 1. The fourth-order valence-electron chi connectivity index (χ4n) is 2.81. The molecule has 1 aliphatic carbocycles. The van der Waals surface area contributed by atoms with Gasteiger partial charge in [-0.05, 0) is 44.9 Å². The molecule has 20 heavy (non-hydrogen) atoms. The van der Waals surface area contributed by atoms with Crippen LogP contribution in [-0.2, 0) is 16.8 Å². The molecule has 0 aliphatic heterocycles. The third-order valence-corrected chi connectivity index (χ3v) is 4.26. The third kappa shape index (κ3) is 3.38. The molecule has 1 saturated carbocycles. The van der Waals surface area contributed by atoms with Gasteiger partial charge in [0, 0.05) is 6.61 Å². The number of hydrogen-bond donors (Lipinski definition) is 1. The highest BCUT2D eigenvalue weighted by molar-refractivity contribution is 5.04. The van der Waals surface area contributed by atoms with Crippen molar-refractivity contribution in [2.75, 3.05) is 6.61 Å². The minimum Gasteiger partial charge on any atom is -0.393 e. The Balaban J connectivity index is 2.13. The van der Waals surface area contributed by atoms with Crippen LogP contribution < -0.4 is 0 Å². The van der Waals surface area contributed by atoms with E-state index in [9.17, 15) is 5.11 Å². The summed E-state index contributed by atoms with van der Waals surface area (Å²) in [5, 5.41) is 13.8. The molecule has 1 aromatic rings. The Morgan fingerprint density at radius 3 is 2.70 bits per heavy atom. The van der Waals surface area contributed by atoms with Gasteiger partial charge in [-0.1, -0.05) is 19.0 Å². The van der Waals surface area contributed by atoms with Crippen LogP contribution >= 0.6 is 0 Å². The zero-order chi connectivity index (χ0) is 14.6. The molecule has 1 heterocycles. The van der Waals surface area contributed by atoms with E-state index in [-0.39, 0.29) is 5.60 Å². The van der Waals surface area contributed by atoms with Crippen LogP contribution in [0.5, 0.6) is 0 Å². The normalized spacial score (nSPS) is 28.5. The van der Waals surface area contributed by atoms with Gasteiger partial charge in [-0.15, -0.1) is 0 Å². The molecule has 1 N–H and O–H groups in total. The molecule has 2 rings (SSSR count). The van der Waals surface area contributed by atoms with Gasteiger partial charge in [0.25, 0.3) is 0 Å². The summed E-state index contributed by atoms with van der Waals surface area (Å²) in [4.78, 5) is 4.47. The Labute approximate surface area is 120 Å². The van der Waals surface area contributed by atoms with Gasteiger partial charge in [-0.25, -0.2) is 0 Å². The highest BCUT2D eigenvalue weighted by atomic mass is 16.5. The SMILES string of the molecule is CCOC1(c2noc(CC(O)CC)n2)CCC(C)CC1. The first kappa shape index (κ1) is 15.4. The van der Waals surface area contributed by atoms with E-state index in [4.69, 9.17) is 9.26 Å². The Kier molecular flexibility index (Phi) is 5.16. The molecule has 5 nitrogen and oxygen atoms in total. The van der Waals surface area contributed by atoms with Crippen LogP contribution in [0.3, 0.4) is 0 Å². The molecule has 1 atom stereocenters. The first-order valence-electron chi connectivity index (χ1n) is 7.74. The van der Waals surface area contributed by atoms with E-state index in [0.29, 0.717) is 31.2 Å². The monoisotopic (exact) mass is 282 g/mol. The van der Waals surface area contributed by atoms with Crippen molar-refractivity contribution in [3.63, 3.8) is 0 Å². The van der Waals surface area contributed by atoms with Crippen molar-refractivity contribution in [3.05, 3.63) is 11.7 Å². The average molecular weight is 282 g/mol. The van der Waals surface area contributed by atoms with Gasteiger partial charge >= 0.3 is 0 Å². The molecule has 0 spiro atoms. The average Bonchev–Trinajstić information content (AvgIpc) is 2.91. The molecule has 0 bridgehead atoms. The van der Waals surface area contributed by atoms with Crippen LogP contribution in [0.1, 0.15) is 64.6 Å². The highest BCUT2D eigenvalue weighted by Crippen LogP contribution is 2.41. The van der Waals surface area contributed by atoms with Gasteiger partial charge in [0.1, 0.15) is 5.60 Å². The van der Waals surface area contributed by atoms with E-state index in [1.807, 2.05) is 13.8 Å². The second kappa shape index (κ2) is 6.68. The van der Waals surface area contributed by atoms with E-state index in [1.165, 1.54) is 0 Å². The predicted molar refractivity (Wildman–Crippen MR) is 75.2 cm³/mol. The molecule has 0 radical (unpaired) electrons. The second-order valence-corrected chi connectivity index (χ2v) is 5.89. The van der Waals surface area contributed by atoms with Crippen molar-refractivity contribution in [1.29, 1.82) is 0 Å². The van der Waals surface area contributed by atoms with Gasteiger partial charge < -0.3 is 14.4 Å². The van der Waals surface area contributed by atoms with E-state index in [1.54, 1.807) is 0 Å². The quantitative estimate of drug-likeness (QED) is 0.869. The van der Waals surface area contributed by atoms with Crippen LogP contribution in [0.25, 0.3) is 0 Å². The molecule has 0 saturated heterocycles. The van der Waals surface area contributed by atoms with Gasteiger partial charge in [0.15, 0.2) is 0 Å². The summed E-state index contributed by atoms with van der Waals surface area (Å²) in [5.74, 6) is 1.90. The van der Waals surface area contributed by atoms with Crippen molar-refractivity contribution >= 4 is 0 Å². The lowest BCUT2D eigenvalue weighted by atomic mass is 9.79. The number of nitrogens with zero attached hydrogens (tertiary/aromatic N) is 2. The summed E-state index contributed by atoms with van der Waals surface area (Å²) in [5.41, 5.74) is -0.389. The smallest absolute Gasteiger partial charge is 0.229 e. The maximum absolute atomic E-state index is 9.67. The number of aliphatic hydroxyl groups is 1. The summed E-state index contributed by atoms with van der Waals surface area (Å²) in [6.45, 7) is 6.86. The second-order valence-electron chi connectivity index (χ2n) is 5.89. The van der Waals surface area contributed by atoms with Crippen molar-refractivity contribution < 1.29 is 14.4 Å². The number of aromatic nitrogens is 2. The van der Waals surface area contributed by atoms with Crippen LogP contribution in [-0.4, -0.2) is 28.0 Å². The predicted octanol–water partition coefficient (Wildman–Crippen LogP) is 2.82. The topological polar surface area (TPSA) is 68.4 Å². The maximum atomic E-state index is 9.67. The van der Waals surface area contributed by atoms with Gasteiger partial charge in [0.05, 0.1) is 12.5 Å². The Hall–Kier alpha value is -0.940. The minimum absolute atomic E-state index is 0.389. The Morgan fingerprint density at radius 1 is 1.40 bits per heavy atom. The lowest BCUT2D eigenvalue weighted by molar-refractivity contribution is -0.0847. The summed E-state index contributed by atoms with van der Waals surface area (Å²) in [6.07, 6.45) is 4.82. The summed E-state index contributed by atoms with van der Waals surface area (Å²) >= 11 is 0. The van der Waals surface area contributed by atoms with Gasteiger partial charge in [-0.3, -0.25) is 0 Å². The van der Waals surface area contributed by atoms with Crippen LogP contribution in [0.2, 0.25) is 0 Å². The molecule has 0 amide bonds. The molecular weight excluding hydrogens is 256 g/mol. The van der Waals surface area contributed by atoms with Crippen LogP contribution in [0, 0.1) is 5.92 Å². The number of aliphatic hydroxyl groups excluding tert-OH is 1. The summed E-state index contributed by atoms with van der Waals surface area (Å²) < 4.78 is 11.3. The lowest BCUT2D eigenvalue weighted by Gasteiger charge is -2.36. The molecule has 1 unspecified atom stereocenters. The highest BCUT2D eigenvalue weighted by Gasteiger charge is 2.40. The molecular formula is C15H26N2O3. The Morgan fingerprint density at radius 2 is 2.10 bits per heavy atom. The van der Waals surface area contributed by atoms with Crippen LogP contribution in [0.4, 0.5) is 0 Å². The van der Waals surface area contributed by atoms with Gasteiger partial charge in [0.2, 0.25) is 11.7 Å². The zero-order valence-corrected chi connectivity index (χ0v) is 12.8. The summed E-state index contributed by atoms with van der Waals surface area (Å²) in [7, 11) is 0. The van der Waals surface area contributed by atoms with Gasteiger partial charge in [-0.2, -0.15) is 4.98 Å². The van der Waals surface area contributed by atoms with Crippen molar-refractivity contribution in [2.24, 2.45) is 5.92 Å². The third-order valence-electron chi connectivity index (χ3n) is 4.26. The molecule has 114 valence electrons. The minimum atomic E-state index is -0.419. The fraction of sp³-hybridized carbons (Fsp3) is 0.867. The van der Waals surface area contributed by atoms with Crippen LogP contribution in [0.15, 0.2) is 4.52 Å². The van der Waals surface area contributed by atoms with E-state index < -0.39 is 6.10 Å². The zero-order valence-electron chi connectivity index (χ0n) is 12.8. The van der Waals surface area contributed by atoms with Crippen molar-refractivity contribution in [2.45, 2.75) is 71.0 Å². The van der Waals surface area contributed by atoms with E-state index in [0.717, 1.165) is 31.6 Å². The Bertz CT molecular complexity index is 411. The number of hydrogen-bond acceptors (Lipinski definition) is 5. The molecule has 0 aromatic carbocycles. The first-order valence-corrected chi connectivity index (χ1v) is 7.74.